The summed E-state index contributed by atoms with van der Waals surface area (Å²) in [4.78, 5) is 0.140. The van der Waals surface area contributed by atoms with Crippen LogP contribution in [0.3, 0.4) is 0 Å². The second-order valence-corrected chi connectivity index (χ2v) is 6.34. The van der Waals surface area contributed by atoms with Crippen molar-refractivity contribution in [2.75, 3.05) is 0 Å². The highest BCUT2D eigenvalue weighted by molar-refractivity contribution is 8.00. The van der Waals surface area contributed by atoms with Crippen LogP contribution < -0.4 is 11.5 Å². The monoisotopic (exact) mass is 310 g/mol. The molecule has 2 aromatic rings. The number of thioether (sulfide) groups is 1. The maximum atomic E-state index is 12.7. The van der Waals surface area contributed by atoms with E-state index in [1.165, 1.54) is 6.07 Å². The third-order valence-corrected chi connectivity index (χ3v) is 4.54. The number of hydrogen-bond acceptors (Lipinski definition) is 3. The van der Waals surface area contributed by atoms with E-state index in [-0.39, 0.29) is 16.7 Å². The molecule has 0 heterocycles. The fourth-order valence-corrected chi connectivity index (χ4v) is 3.30. The Hall–Kier alpha value is -1.66. The number of alkyl halides is 3. The zero-order valence-corrected chi connectivity index (χ0v) is 12.0. The van der Waals surface area contributed by atoms with Gasteiger partial charge in [-0.15, -0.1) is 0 Å². The summed E-state index contributed by atoms with van der Waals surface area (Å²) in [5.41, 5.74) is 8.60. The quantitative estimate of drug-likeness (QED) is 0.784. The van der Waals surface area contributed by atoms with Crippen LogP contribution >= 0.6 is 11.8 Å². The standard InChI is InChI=1S/C15H13F3N2S/c1-14(20)10-4-2-3-8-5-6-11(21-15(16,17)18)9(13(8)10)7-12(14)19/h2-7H,19-20H2,1H3. The van der Waals surface area contributed by atoms with Crippen LogP contribution in [0.15, 0.2) is 40.9 Å². The van der Waals surface area contributed by atoms with Crippen molar-refractivity contribution in [3.63, 3.8) is 0 Å². The van der Waals surface area contributed by atoms with Crippen LogP contribution in [0.1, 0.15) is 18.1 Å². The van der Waals surface area contributed by atoms with Crippen molar-refractivity contribution in [1.82, 2.24) is 0 Å². The Kier molecular flexibility index (Phi) is 3.00. The van der Waals surface area contributed by atoms with Crippen LogP contribution in [0.2, 0.25) is 0 Å². The molecule has 4 N–H and O–H groups in total. The minimum atomic E-state index is -4.34. The topological polar surface area (TPSA) is 52.0 Å². The summed E-state index contributed by atoms with van der Waals surface area (Å²) in [6.45, 7) is 1.76. The highest BCUT2D eigenvalue weighted by atomic mass is 32.2. The van der Waals surface area contributed by atoms with E-state index in [0.717, 1.165) is 16.3 Å². The van der Waals surface area contributed by atoms with Gasteiger partial charge in [-0.3, -0.25) is 0 Å². The van der Waals surface area contributed by atoms with Crippen molar-refractivity contribution in [3.8, 4) is 0 Å². The molecule has 0 spiro atoms. The molecule has 0 aromatic heterocycles. The minimum absolute atomic E-state index is 0.129. The van der Waals surface area contributed by atoms with Crippen molar-refractivity contribution in [3.05, 3.63) is 47.2 Å². The Morgan fingerprint density at radius 3 is 2.52 bits per heavy atom. The van der Waals surface area contributed by atoms with Gasteiger partial charge < -0.3 is 11.5 Å². The van der Waals surface area contributed by atoms with Gasteiger partial charge >= 0.3 is 5.51 Å². The Morgan fingerprint density at radius 1 is 1.14 bits per heavy atom. The van der Waals surface area contributed by atoms with E-state index in [1.54, 1.807) is 19.1 Å². The first kappa shape index (κ1) is 14.3. The Labute approximate surface area is 124 Å². The van der Waals surface area contributed by atoms with E-state index < -0.39 is 11.0 Å². The lowest BCUT2D eigenvalue weighted by Crippen LogP contribution is -2.40. The van der Waals surface area contributed by atoms with Crippen molar-refractivity contribution in [1.29, 1.82) is 0 Å². The first-order valence-electron chi connectivity index (χ1n) is 6.28. The third kappa shape index (κ3) is 2.28. The van der Waals surface area contributed by atoms with Gasteiger partial charge in [-0.05, 0) is 52.7 Å². The van der Waals surface area contributed by atoms with Crippen molar-refractivity contribution >= 4 is 28.6 Å². The SMILES string of the molecule is CC1(N)C(N)=Cc2c(SC(F)(F)F)ccc3cccc1c23. The predicted molar refractivity (Wildman–Crippen MR) is 79.6 cm³/mol. The Morgan fingerprint density at radius 2 is 1.86 bits per heavy atom. The van der Waals surface area contributed by atoms with Gasteiger partial charge in [-0.1, -0.05) is 24.3 Å². The smallest absolute Gasteiger partial charge is 0.400 e. The molecule has 3 rings (SSSR count). The van der Waals surface area contributed by atoms with Crippen LogP contribution in [0.5, 0.6) is 0 Å². The van der Waals surface area contributed by atoms with Gasteiger partial charge in [-0.25, -0.2) is 0 Å². The number of halogens is 3. The summed E-state index contributed by atoms with van der Waals surface area (Å²) in [6, 6.07) is 8.66. The molecule has 0 amide bonds. The molecule has 0 saturated carbocycles. The summed E-state index contributed by atoms with van der Waals surface area (Å²) in [5, 5.41) is 1.60. The molecule has 1 aliphatic rings. The van der Waals surface area contributed by atoms with Gasteiger partial charge in [0.15, 0.2) is 0 Å². The normalized spacial score (nSPS) is 21.5. The highest BCUT2D eigenvalue weighted by Gasteiger charge is 2.34. The first-order valence-corrected chi connectivity index (χ1v) is 7.10. The Bertz CT molecular complexity index is 763. The van der Waals surface area contributed by atoms with Gasteiger partial charge in [0.2, 0.25) is 0 Å². The lowest BCUT2D eigenvalue weighted by atomic mass is 9.80. The maximum Gasteiger partial charge on any atom is 0.446 e. The molecule has 2 nitrogen and oxygen atoms in total. The largest absolute Gasteiger partial charge is 0.446 e. The van der Waals surface area contributed by atoms with Crippen LogP contribution in [-0.2, 0) is 5.54 Å². The fraction of sp³-hybridized carbons (Fsp3) is 0.200. The van der Waals surface area contributed by atoms with E-state index in [1.807, 2.05) is 18.2 Å². The molecule has 21 heavy (non-hydrogen) atoms. The number of benzene rings is 2. The van der Waals surface area contributed by atoms with Gasteiger partial charge in [0, 0.05) is 10.6 Å². The summed E-state index contributed by atoms with van der Waals surface area (Å²) < 4.78 is 38.1. The van der Waals surface area contributed by atoms with Crippen LogP contribution in [0.4, 0.5) is 13.2 Å². The summed E-state index contributed by atoms with van der Waals surface area (Å²) in [5.74, 6) is 0. The molecule has 0 fully saturated rings. The van der Waals surface area contributed by atoms with Gasteiger partial charge in [-0.2, -0.15) is 13.2 Å². The summed E-state index contributed by atoms with van der Waals surface area (Å²) in [6.07, 6.45) is 1.56. The second kappa shape index (κ2) is 4.42. The average Bonchev–Trinajstić information content (AvgIpc) is 2.37. The van der Waals surface area contributed by atoms with Crippen molar-refractivity contribution in [2.24, 2.45) is 11.5 Å². The minimum Gasteiger partial charge on any atom is -0.400 e. The predicted octanol–water partition coefficient (Wildman–Crippen LogP) is 3.94. The molecule has 110 valence electrons. The van der Waals surface area contributed by atoms with E-state index in [2.05, 4.69) is 0 Å². The van der Waals surface area contributed by atoms with E-state index in [9.17, 15) is 13.2 Å². The first-order chi connectivity index (χ1) is 9.70. The molecule has 2 aromatic carbocycles. The molecule has 1 atom stereocenters. The van der Waals surface area contributed by atoms with Crippen LogP contribution in [0, 0.1) is 0 Å². The second-order valence-electron chi connectivity index (χ2n) is 5.23. The third-order valence-electron chi connectivity index (χ3n) is 3.73. The molecular weight excluding hydrogens is 297 g/mol. The summed E-state index contributed by atoms with van der Waals surface area (Å²) >= 11 is -0.129. The number of hydrogen-bond donors (Lipinski definition) is 2. The van der Waals surface area contributed by atoms with Gasteiger partial charge in [0.1, 0.15) is 0 Å². The van der Waals surface area contributed by atoms with E-state index in [0.29, 0.717) is 11.3 Å². The van der Waals surface area contributed by atoms with Gasteiger partial charge in [0.05, 0.1) is 5.54 Å². The number of rotatable bonds is 1. The number of nitrogens with two attached hydrogens (primary N) is 2. The van der Waals surface area contributed by atoms with Crippen LogP contribution in [0.25, 0.3) is 16.8 Å². The molecule has 0 bridgehead atoms. The molecule has 0 radical (unpaired) electrons. The highest BCUT2D eigenvalue weighted by Crippen LogP contribution is 2.45. The van der Waals surface area contributed by atoms with Gasteiger partial charge in [0.25, 0.3) is 0 Å². The van der Waals surface area contributed by atoms with E-state index >= 15 is 0 Å². The lowest BCUT2D eigenvalue weighted by Gasteiger charge is -2.32. The molecular formula is C15H13F3N2S. The molecule has 0 saturated heterocycles. The van der Waals surface area contributed by atoms with Crippen molar-refractivity contribution in [2.45, 2.75) is 22.9 Å². The average molecular weight is 310 g/mol. The maximum absolute atomic E-state index is 12.7. The molecule has 1 unspecified atom stereocenters. The lowest BCUT2D eigenvalue weighted by molar-refractivity contribution is -0.0328. The van der Waals surface area contributed by atoms with E-state index in [4.69, 9.17) is 11.5 Å². The molecule has 0 aliphatic heterocycles. The van der Waals surface area contributed by atoms with Crippen molar-refractivity contribution < 1.29 is 13.2 Å². The van der Waals surface area contributed by atoms with Crippen LogP contribution in [-0.4, -0.2) is 5.51 Å². The Balaban J connectivity index is 2.34. The summed E-state index contributed by atoms with van der Waals surface area (Å²) in [7, 11) is 0. The molecule has 6 heteroatoms. The zero-order valence-electron chi connectivity index (χ0n) is 11.2. The molecule has 1 aliphatic carbocycles. The fourth-order valence-electron chi connectivity index (χ4n) is 2.64. The zero-order chi connectivity index (χ0) is 15.4.